The van der Waals surface area contributed by atoms with E-state index in [-0.39, 0.29) is 17.2 Å². The number of hydrogen-bond acceptors (Lipinski definition) is 5. The average molecular weight is 375 g/mol. The molecule has 1 aromatic carbocycles. The largest absolute Gasteiger partial charge is 0.331 e. The van der Waals surface area contributed by atoms with Crippen LogP contribution in [-0.2, 0) is 25.9 Å². The summed E-state index contributed by atoms with van der Waals surface area (Å²) in [5.41, 5.74) is 2.97. The Morgan fingerprint density at radius 3 is 2.75 bits per heavy atom. The van der Waals surface area contributed by atoms with E-state index >= 15 is 0 Å². The van der Waals surface area contributed by atoms with Crippen LogP contribution in [0.25, 0.3) is 0 Å². The number of aromatic nitrogens is 4. The van der Waals surface area contributed by atoms with Crippen molar-refractivity contribution >= 4 is 5.91 Å². The van der Waals surface area contributed by atoms with Gasteiger partial charge in [-0.25, -0.2) is 14.6 Å². The third-order valence-corrected chi connectivity index (χ3v) is 4.86. The minimum absolute atomic E-state index is 0.191. The molecule has 1 amide bonds. The van der Waals surface area contributed by atoms with Crippen molar-refractivity contribution in [3.63, 3.8) is 0 Å². The summed E-state index contributed by atoms with van der Waals surface area (Å²) in [6, 6.07) is 12.5. The van der Waals surface area contributed by atoms with Gasteiger partial charge in [0, 0.05) is 25.2 Å². The van der Waals surface area contributed by atoms with Crippen molar-refractivity contribution in [2.24, 2.45) is 0 Å². The van der Waals surface area contributed by atoms with Crippen molar-refractivity contribution in [2.45, 2.75) is 32.9 Å². The maximum absolute atomic E-state index is 13.0. The summed E-state index contributed by atoms with van der Waals surface area (Å²) >= 11 is 0. The molecule has 0 spiro atoms. The van der Waals surface area contributed by atoms with Crippen LogP contribution in [0.2, 0.25) is 0 Å². The summed E-state index contributed by atoms with van der Waals surface area (Å²) in [5, 5.41) is 4.31. The molecule has 0 bridgehead atoms. The molecule has 7 heteroatoms. The van der Waals surface area contributed by atoms with E-state index in [1.54, 1.807) is 4.90 Å². The smallest absolute Gasteiger partial charge is 0.274 e. The van der Waals surface area contributed by atoms with Crippen LogP contribution in [0.5, 0.6) is 0 Å². The second-order valence-electron chi connectivity index (χ2n) is 6.79. The molecule has 4 rings (SSSR count). The average Bonchev–Trinajstić information content (AvgIpc) is 2.74. The molecule has 0 aliphatic carbocycles. The van der Waals surface area contributed by atoms with Gasteiger partial charge in [0.25, 0.3) is 11.5 Å². The highest BCUT2D eigenvalue weighted by molar-refractivity contribution is 5.92. The zero-order chi connectivity index (χ0) is 19.5. The van der Waals surface area contributed by atoms with Crippen molar-refractivity contribution < 1.29 is 4.79 Å². The van der Waals surface area contributed by atoms with Crippen LogP contribution in [0.3, 0.4) is 0 Å². The molecule has 0 saturated heterocycles. The maximum atomic E-state index is 13.0. The lowest BCUT2D eigenvalue weighted by atomic mass is 10.1. The molecule has 0 atom stereocenters. The van der Waals surface area contributed by atoms with Gasteiger partial charge < -0.3 is 4.90 Å². The second-order valence-corrected chi connectivity index (χ2v) is 6.79. The van der Waals surface area contributed by atoms with Crippen LogP contribution >= 0.6 is 0 Å². The minimum Gasteiger partial charge on any atom is -0.331 e. The maximum Gasteiger partial charge on any atom is 0.274 e. The Morgan fingerprint density at radius 1 is 1.14 bits per heavy atom. The van der Waals surface area contributed by atoms with E-state index < -0.39 is 0 Å². The SMILES string of the molecule is CCc1ncc2c(n1)CN(C(=O)c1ccc(=O)n(Cc3ccccc3)n1)CC2. The summed E-state index contributed by atoms with van der Waals surface area (Å²) < 4.78 is 1.33. The van der Waals surface area contributed by atoms with Crippen molar-refractivity contribution in [3.05, 3.63) is 87.4 Å². The van der Waals surface area contributed by atoms with Gasteiger partial charge in [-0.3, -0.25) is 9.59 Å². The Balaban J connectivity index is 1.56. The molecular formula is C21H21N5O2. The topological polar surface area (TPSA) is 81.0 Å². The summed E-state index contributed by atoms with van der Waals surface area (Å²) in [6.45, 7) is 3.35. The highest BCUT2D eigenvalue weighted by atomic mass is 16.2. The third-order valence-electron chi connectivity index (χ3n) is 4.86. The van der Waals surface area contributed by atoms with Gasteiger partial charge in [0.2, 0.25) is 0 Å². The highest BCUT2D eigenvalue weighted by Gasteiger charge is 2.24. The first kappa shape index (κ1) is 18.0. The predicted octanol–water partition coefficient (Wildman–Crippen LogP) is 1.84. The van der Waals surface area contributed by atoms with Gasteiger partial charge in [-0.1, -0.05) is 37.3 Å². The quantitative estimate of drug-likeness (QED) is 0.695. The van der Waals surface area contributed by atoms with Crippen molar-refractivity contribution in [1.29, 1.82) is 0 Å². The first-order valence-corrected chi connectivity index (χ1v) is 9.39. The Hall–Kier alpha value is -3.35. The number of rotatable bonds is 4. The lowest BCUT2D eigenvalue weighted by Gasteiger charge is -2.27. The van der Waals surface area contributed by atoms with E-state index in [2.05, 4.69) is 15.1 Å². The molecular weight excluding hydrogens is 354 g/mol. The zero-order valence-corrected chi connectivity index (χ0v) is 15.7. The predicted molar refractivity (Wildman–Crippen MR) is 104 cm³/mol. The molecule has 2 aromatic heterocycles. The summed E-state index contributed by atoms with van der Waals surface area (Å²) in [4.78, 5) is 35.8. The minimum atomic E-state index is -0.232. The standard InChI is InChI=1S/C21H21N5O2/c1-2-19-22-12-16-10-11-25(14-18(16)23-19)21(28)17-8-9-20(27)26(24-17)13-15-6-4-3-5-7-15/h3-9,12H,2,10-11,13-14H2,1H3. The first-order valence-electron chi connectivity index (χ1n) is 9.39. The normalized spacial score (nSPS) is 13.2. The van der Waals surface area contributed by atoms with Crippen LogP contribution in [0, 0.1) is 0 Å². The van der Waals surface area contributed by atoms with Crippen molar-refractivity contribution in [2.75, 3.05) is 6.54 Å². The van der Waals surface area contributed by atoms with Crippen LogP contribution in [-0.4, -0.2) is 37.1 Å². The fourth-order valence-corrected chi connectivity index (χ4v) is 3.28. The number of nitrogens with zero attached hydrogens (tertiary/aromatic N) is 5. The summed E-state index contributed by atoms with van der Waals surface area (Å²) in [7, 11) is 0. The fourth-order valence-electron chi connectivity index (χ4n) is 3.28. The van der Waals surface area contributed by atoms with E-state index in [9.17, 15) is 9.59 Å². The molecule has 1 aliphatic heterocycles. The number of carbonyl (C=O) groups excluding carboxylic acids is 1. The number of fused-ring (bicyclic) bond motifs is 1. The number of benzene rings is 1. The Morgan fingerprint density at radius 2 is 1.96 bits per heavy atom. The molecule has 3 aromatic rings. The van der Waals surface area contributed by atoms with Gasteiger partial charge in [-0.2, -0.15) is 5.10 Å². The van der Waals surface area contributed by atoms with Crippen molar-refractivity contribution in [1.82, 2.24) is 24.6 Å². The molecule has 0 unspecified atom stereocenters. The number of carbonyl (C=O) groups is 1. The molecule has 1 aliphatic rings. The van der Waals surface area contributed by atoms with E-state index in [1.807, 2.05) is 43.5 Å². The Labute approximate surface area is 162 Å². The lowest BCUT2D eigenvalue weighted by molar-refractivity contribution is 0.0722. The third kappa shape index (κ3) is 3.69. The van der Waals surface area contributed by atoms with E-state index in [0.717, 1.165) is 29.1 Å². The number of amides is 1. The molecule has 3 heterocycles. The lowest BCUT2D eigenvalue weighted by Crippen LogP contribution is -2.38. The van der Waals surface area contributed by atoms with Crippen LogP contribution in [0.1, 0.15) is 40.1 Å². The second kappa shape index (κ2) is 7.72. The molecule has 142 valence electrons. The number of hydrogen-bond donors (Lipinski definition) is 0. The Kier molecular flexibility index (Phi) is 4.97. The van der Waals surface area contributed by atoms with Gasteiger partial charge >= 0.3 is 0 Å². The van der Waals surface area contributed by atoms with Gasteiger partial charge in [-0.15, -0.1) is 0 Å². The van der Waals surface area contributed by atoms with Crippen molar-refractivity contribution in [3.8, 4) is 0 Å². The monoisotopic (exact) mass is 375 g/mol. The molecule has 0 radical (unpaired) electrons. The fraction of sp³-hybridized carbons (Fsp3) is 0.286. The Bertz CT molecular complexity index is 1060. The van der Waals surface area contributed by atoms with E-state index in [4.69, 9.17) is 0 Å². The van der Waals surface area contributed by atoms with E-state index in [0.29, 0.717) is 26.1 Å². The van der Waals surface area contributed by atoms with Gasteiger partial charge in [0.1, 0.15) is 11.5 Å². The summed E-state index contributed by atoms with van der Waals surface area (Å²) in [5.74, 6) is 0.590. The molecule has 0 saturated carbocycles. The molecule has 7 nitrogen and oxygen atoms in total. The van der Waals surface area contributed by atoms with Gasteiger partial charge in [0.15, 0.2) is 0 Å². The van der Waals surface area contributed by atoms with Crippen LogP contribution in [0.15, 0.2) is 53.5 Å². The first-order chi connectivity index (χ1) is 13.6. The summed E-state index contributed by atoms with van der Waals surface area (Å²) in [6.07, 6.45) is 3.34. The zero-order valence-electron chi connectivity index (χ0n) is 15.7. The molecule has 0 fully saturated rings. The molecule has 28 heavy (non-hydrogen) atoms. The van der Waals surface area contributed by atoms with Gasteiger partial charge in [0.05, 0.1) is 18.8 Å². The number of aryl methyl sites for hydroxylation is 1. The highest BCUT2D eigenvalue weighted by Crippen LogP contribution is 2.18. The van der Waals surface area contributed by atoms with Crippen LogP contribution in [0.4, 0.5) is 0 Å². The van der Waals surface area contributed by atoms with Crippen LogP contribution < -0.4 is 5.56 Å². The molecule has 0 N–H and O–H groups in total. The van der Waals surface area contributed by atoms with Gasteiger partial charge in [-0.05, 0) is 23.6 Å². The van der Waals surface area contributed by atoms with E-state index in [1.165, 1.54) is 16.8 Å².